The van der Waals surface area contributed by atoms with Gasteiger partial charge in [0.25, 0.3) is 5.78 Å². The molecule has 0 saturated carbocycles. The van der Waals surface area contributed by atoms with E-state index in [1.165, 1.54) is 16.2 Å². The Balaban J connectivity index is 1.48. The molecule has 0 radical (unpaired) electrons. The molecular weight excluding hydrogens is 576 g/mol. The van der Waals surface area contributed by atoms with Crippen molar-refractivity contribution in [2.45, 2.75) is 26.5 Å². The molecule has 5 aromatic rings. The maximum Gasteiger partial charge on any atom is 0.301 e. The Morgan fingerprint density at radius 2 is 1.70 bits per heavy atom. The van der Waals surface area contributed by atoms with Gasteiger partial charge >= 0.3 is 5.91 Å². The molecule has 1 aromatic heterocycles. The van der Waals surface area contributed by atoms with Crippen LogP contribution in [0.4, 0.5) is 5.13 Å². The topological polar surface area (TPSA) is 98.2 Å². The zero-order valence-electron chi connectivity index (χ0n) is 24.4. The SMILES string of the molecule is CCOc1cc(C2/C(=C(\O)c3ccc(C)cc3)C(=O)C(=O)N2c2nc3ccc(OC)cc3s2)ccc1OCc1ccccc1. The summed E-state index contributed by atoms with van der Waals surface area (Å²) in [5.41, 5.74) is 3.61. The second kappa shape index (κ2) is 12.2. The highest BCUT2D eigenvalue weighted by molar-refractivity contribution is 7.22. The Hall–Kier alpha value is -5.15. The van der Waals surface area contributed by atoms with Gasteiger partial charge < -0.3 is 19.3 Å². The van der Waals surface area contributed by atoms with Crippen molar-refractivity contribution in [2.75, 3.05) is 18.6 Å². The summed E-state index contributed by atoms with van der Waals surface area (Å²) in [7, 11) is 1.58. The summed E-state index contributed by atoms with van der Waals surface area (Å²) in [4.78, 5) is 33.5. The van der Waals surface area contributed by atoms with Crippen LogP contribution in [0.3, 0.4) is 0 Å². The molecule has 2 heterocycles. The van der Waals surface area contributed by atoms with E-state index in [0.29, 0.717) is 52.2 Å². The first-order valence-electron chi connectivity index (χ1n) is 14.1. The van der Waals surface area contributed by atoms with E-state index in [9.17, 15) is 14.7 Å². The number of ketones is 1. The molecule has 8 nitrogen and oxygen atoms in total. The van der Waals surface area contributed by atoms with E-state index in [-0.39, 0.29) is 11.3 Å². The molecule has 1 fully saturated rings. The Labute approximate surface area is 258 Å². The number of carbonyl (C=O) groups excluding carboxylic acids is 2. The first-order valence-corrected chi connectivity index (χ1v) is 15.0. The molecule has 1 N–H and O–H groups in total. The largest absolute Gasteiger partial charge is 0.507 e. The zero-order valence-corrected chi connectivity index (χ0v) is 25.3. The molecule has 222 valence electrons. The summed E-state index contributed by atoms with van der Waals surface area (Å²) in [5, 5.41) is 11.9. The highest BCUT2D eigenvalue weighted by Crippen LogP contribution is 2.46. The van der Waals surface area contributed by atoms with Crippen molar-refractivity contribution in [3.63, 3.8) is 0 Å². The van der Waals surface area contributed by atoms with E-state index < -0.39 is 17.7 Å². The standard InChI is InChI=1S/C35H30N2O6S/c1-4-42-28-18-24(14-17-27(28)43-20-22-8-6-5-7-9-22)31-30(32(38)23-12-10-21(2)11-13-23)33(39)34(40)37(31)35-36-26-16-15-25(41-3)19-29(26)44-35/h5-19,31,38H,4,20H2,1-3H3/b32-30+. The molecular formula is C35H30N2O6S. The Kier molecular flexibility index (Phi) is 8.04. The lowest BCUT2D eigenvalue weighted by Gasteiger charge is -2.24. The lowest BCUT2D eigenvalue weighted by atomic mass is 9.95. The number of hydrogen-bond donors (Lipinski definition) is 1. The van der Waals surface area contributed by atoms with Crippen molar-refractivity contribution in [3.05, 3.63) is 119 Å². The third-order valence-electron chi connectivity index (χ3n) is 7.38. The number of anilines is 1. The minimum Gasteiger partial charge on any atom is -0.507 e. The van der Waals surface area contributed by atoms with Crippen molar-refractivity contribution in [1.29, 1.82) is 0 Å². The maximum atomic E-state index is 13.7. The fraction of sp³-hybridized carbons (Fsp3) is 0.171. The molecule has 1 aliphatic rings. The van der Waals surface area contributed by atoms with Crippen LogP contribution >= 0.6 is 11.3 Å². The second-order valence-electron chi connectivity index (χ2n) is 10.3. The average Bonchev–Trinajstić information content (AvgIpc) is 3.58. The number of nitrogens with zero attached hydrogens (tertiary/aromatic N) is 2. The van der Waals surface area contributed by atoms with Gasteiger partial charge in [-0.15, -0.1) is 0 Å². The molecule has 1 amide bonds. The molecule has 1 saturated heterocycles. The Morgan fingerprint density at radius 1 is 0.932 bits per heavy atom. The van der Waals surface area contributed by atoms with Crippen LogP contribution in [0.2, 0.25) is 0 Å². The molecule has 1 atom stereocenters. The van der Waals surface area contributed by atoms with Crippen molar-refractivity contribution in [2.24, 2.45) is 0 Å². The number of methoxy groups -OCH3 is 1. The van der Waals surface area contributed by atoms with E-state index in [1.807, 2.05) is 62.4 Å². The predicted octanol–water partition coefficient (Wildman–Crippen LogP) is 7.22. The number of Topliss-reactive ketones (excluding diaryl/α,β-unsaturated/α-hetero) is 1. The quantitative estimate of drug-likeness (QED) is 0.107. The third kappa shape index (κ3) is 5.49. The number of aryl methyl sites for hydroxylation is 1. The van der Waals surface area contributed by atoms with Crippen LogP contribution < -0.4 is 19.1 Å². The molecule has 1 unspecified atom stereocenters. The number of thiazole rings is 1. The van der Waals surface area contributed by atoms with Crippen molar-refractivity contribution in [3.8, 4) is 17.2 Å². The van der Waals surface area contributed by atoms with Crippen LogP contribution in [-0.2, 0) is 16.2 Å². The van der Waals surface area contributed by atoms with Crippen molar-refractivity contribution >= 4 is 44.1 Å². The molecule has 44 heavy (non-hydrogen) atoms. The van der Waals surface area contributed by atoms with E-state index >= 15 is 0 Å². The number of aliphatic hydroxyl groups excluding tert-OH is 1. The van der Waals surface area contributed by atoms with Gasteiger partial charge in [-0.2, -0.15) is 0 Å². The number of hydrogen-bond acceptors (Lipinski definition) is 8. The van der Waals surface area contributed by atoms with Gasteiger partial charge in [-0.1, -0.05) is 77.6 Å². The van der Waals surface area contributed by atoms with Crippen LogP contribution in [-0.4, -0.2) is 35.5 Å². The number of benzene rings is 4. The van der Waals surface area contributed by atoms with Crippen molar-refractivity contribution < 1.29 is 28.9 Å². The van der Waals surface area contributed by atoms with Gasteiger partial charge in [0.15, 0.2) is 16.6 Å². The lowest BCUT2D eigenvalue weighted by molar-refractivity contribution is -0.132. The summed E-state index contributed by atoms with van der Waals surface area (Å²) < 4.78 is 18.2. The summed E-state index contributed by atoms with van der Waals surface area (Å²) >= 11 is 1.26. The van der Waals surface area contributed by atoms with Gasteiger partial charge in [-0.3, -0.25) is 14.5 Å². The molecule has 4 aromatic carbocycles. The first-order chi connectivity index (χ1) is 21.4. The number of fused-ring (bicyclic) bond motifs is 1. The van der Waals surface area contributed by atoms with Crippen LogP contribution in [0.15, 0.2) is 96.6 Å². The number of aliphatic hydroxyl groups is 1. The van der Waals surface area contributed by atoms with Crippen LogP contribution in [0.25, 0.3) is 16.0 Å². The predicted molar refractivity (Wildman–Crippen MR) is 171 cm³/mol. The Bertz CT molecular complexity index is 1880. The first kappa shape index (κ1) is 28.9. The van der Waals surface area contributed by atoms with Gasteiger partial charge in [0, 0.05) is 5.56 Å². The van der Waals surface area contributed by atoms with E-state index in [1.54, 1.807) is 49.6 Å². The summed E-state index contributed by atoms with van der Waals surface area (Å²) in [6.45, 7) is 4.50. The van der Waals surface area contributed by atoms with Crippen LogP contribution in [0, 0.1) is 6.92 Å². The number of ether oxygens (including phenoxy) is 3. The number of aromatic nitrogens is 1. The lowest BCUT2D eigenvalue weighted by Crippen LogP contribution is -2.29. The van der Waals surface area contributed by atoms with Gasteiger partial charge in [-0.05, 0) is 55.3 Å². The number of rotatable bonds is 9. The third-order valence-corrected chi connectivity index (χ3v) is 8.40. The fourth-order valence-electron chi connectivity index (χ4n) is 5.15. The normalized spacial score (nSPS) is 16.0. The van der Waals surface area contributed by atoms with Crippen LogP contribution in [0.1, 0.15) is 35.2 Å². The smallest absolute Gasteiger partial charge is 0.301 e. The fourth-order valence-corrected chi connectivity index (χ4v) is 6.17. The van der Waals surface area contributed by atoms with E-state index in [0.717, 1.165) is 15.8 Å². The van der Waals surface area contributed by atoms with Gasteiger partial charge in [0.05, 0.1) is 35.5 Å². The molecule has 1 aliphatic heterocycles. The van der Waals surface area contributed by atoms with Crippen LogP contribution in [0.5, 0.6) is 17.2 Å². The van der Waals surface area contributed by atoms with Gasteiger partial charge in [-0.25, -0.2) is 4.98 Å². The molecule has 0 bridgehead atoms. The van der Waals surface area contributed by atoms with Gasteiger partial charge in [0.2, 0.25) is 0 Å². The summed E-state index contributed by atoms with van der Waals surface area (Å²) in [5.74, 6) is -0.221. The number of amides is 1. The minimum atomic E-state index is -0.971. The highest BCUT2D eigenvalue weighted by atomic mass is 32.1. The summed E-state index contributed by atoms with van der Waals surface area (Å²) in [6, 6.07) is 26.7. The minimum absolute atomic E-state index is 0.0314. The Morgan fingerprint density at radius 3 is 2.43 bits per heavy atom. The molecule has 0 aliphatic carbocycles. The van der Waals surface area contributed by atoms with Gasteiger partial charge in [0.1, 0.15) is 18.1 Å². The monoisotopic (exact) mass is 606 g/mol. The number of carbonyl (C=O) groups is 2. The maximum absolute atomic E-state index is 13.7. The van der Waals surface area contributed by atoms with E-state index in [4.69, 9.17) is 19.2 Å². The molecule has 9 heteroatoms. The second-order valence-corrected chi connectivity index (χ2v) is 11.3. The highest BCUT2D eigenvalue weighted by Gasteiger charge is 2.48. The summed E-state index contributed by atoms with van der Waals surface area (Å²) in [6.07, 6.45) is 0. The molecule has 6 rings (SSSR count). The molecule has 0 spiro atoms. The zero-order chi connectivity index (χ0) is 30.8. The van der Waals surface area contributed by atoms with E-state index in [2.05, 4.69) is 0 Å². The average molecular weight is 607 g/mol. The van der Waals surface area contributed by atoms with Crippen molar-refractivity contribution in [1.82, 2.24) is 4.98 Å².